The summed E-state index contributed by atoms with van der Waals surface area (Å²) in [4.78, 5) is 26.1. The number of nitrogens with one attached hydrogen (secondary N) is 1. The van der Waals surface area contributed by atoms with E-state index in [2.05, 4.69) is 15.3 Å². The molecular weight excluding hydrogens is 490 g/mol. The molecule has 1 saturated heterocycles. The van der Waals surface area contributed by atoms with E-state index in [0.717, 1.165) is 41.4 Å². The summed E-state index contributed by atoms with van der Waals surface area (Å²) in [6.07, 6.45) is 5.83. The quantitative estimate of drug-likeness (QED) is 0.429. The first kappa shape index (κ1) is 25.5. The molecule has 0 amide bonds. The Kier molecular flexibility index (Phi) is 7.13. The molecule has 10 heteroatoms. The van der Waals surface area contributed by atoms with Gasteiger partial charge in [0.1, 0.15) is 17.7 Å². The van der Waals surface area contributed by atoms with Gasteiger partial charge >= 0.3 is 5.97 Å². The fourth-order valence-electron chi connectivity index (χ4n) is 4.99. The van der Waals surface area contributed by atoms with Crippen molar-refractivity contribution in [2.24, 2.45) is 5.73 Å². The van der Waals surface area contributed by atoms with E-state index in [0.29, 0.717) is 28.8 Å². The minimum absolute atomic E-state index is 0.0156. The maximum atomic E-state index is 12.2. The van der Waals surface area contributed by atoms with Crippen LogP contribution in [0.25, 0.3) is 10.8 Å². The molecule has 5 unspecified atom stereocenters. The summed E-state index contributed by atoms with van der Waals surface area (Å²) < 4.78 is 23.8. The van der Waals surface area contributed by atoms with Crippen molar-refractivity contribution in [2.75, 3.05) is 11.1 Å². The summed E-state index contributed by atoms with van der Waals surface area (Å²) in [6, 6.07) is 5.16. The van der Waals surface area contributed by atoms with Crippen molar-refractivity contribution >= 4 is 39.2 Å². The van der Waals surface area contributed by atoms with Crippen LogP contribution < -0.4 is 15.8 Å². The summed E-state index contributed by atoms with van der Waals surface area (Å²) >= 11 is 0. The lowest BCUT2D eigenvalue weighted by molar-refractivity contribution is 0.0235. The lowest BCUT2D eigenvalue weighted by Gasteiger charge is -2.27. The number of rotatable bonds is 7. The zero-order valence-electron chi connectivity index (χ0n) is 21.6. The fourth-order valence-corrected chi connectivity index (χ4v) is 6.69. The van der Waals surface area contributed by atoms with Gasteiger partial charge in [0.15, 0.2) is 0 Å². The van der Waals surface area contributed by atoms with Crippen molar-refractivity contribution < 1.29 is 18.5 Å². The van der Waals surface area contributed by atoms with Gasteiger partial charge in [-0.15, -0.1) is 0 Å². The highest BCUT2D eigenvalue weighted by Crippen LogP contribution is 2.34. The molecule has 0 aromatic carbocycles. The highest BCUT2D eigenvalue weighted by molar-refractivity contribution is 7.85. The molecule has 0 spiro atoms. The third kappa shape index (κ3) is 5.17. The van der Waals surface area contributed by atoms with Gasteiger partial charge in [0.2, 0.25) is 5.88 Å². The summed E-state index contributed by atoms with van der Waals surface area (Å²) in [5.74, 6) is 2.08. The van der Waals surface area contributed by atoms with Crippen molar-refractivity contribution in [2.45, 2.75) is 76.4 Å². The third-order valence-corrected chi connectivity index (χ3v) is 9.10. The molecule has 3 N–H and O–H groups in total. The van der Waals surface area contributed by atoms with E-state index in [1.165, 1.54) is 0 Å². The van der Waals surface area contributed by atoms with Gasteiger partial charge < -0.3 is 20.5 Å². The molecule has 0 radical (unpaired) electrons. The standard InChI is InChI=1S/C27H33N5O4S/c1-14(10-18-6-5-9-37(18)34)35-26-22-13-29-24(11-20(22)21(12-30-26)16(3)28)31-23-8-7-19-25(32-23)15(2)17(4)36-27(19)33/h7-8,11-18H,5-6,9-10,28H2,1-4H3,(H,29,31,32)/t14?,15?,16?,17-,18?,37?/m0/s1. The van der Waals surface area contributed by atoms with E-state index < -0.39 is 10.8 Å². The number of anilines is 2. The van der Waals surface area contributed by atoms with Gasteiger partial charge in [-0.2, -0.15) is 0 Å². The molecule has 1 fully saturated rings. The third-order valence-electron chi connectivity index (χ3n) is 7.24. The van der Waals surface area contributed by atoms with Crippen LogP contribution in [0.5, 0.6) is 5.88 Å². The molecule has 5 rings (SSSR count). The molecule has 0 aliphatic carbocycles. The molecule has 196 valence electrons. The van der Waals surface area contributed by atoms with Crippen LogP contribution >= 0.6 is 0 Å². The number of nitrogens with zero attached hydrogens (tertiary/aromatic N) is 3. The second-order valence-electron chi connectivity index (χ2n) is 10.1. The number of cyclic esters (lactones) is 1. The molecular formula is C27H33N5O4S. The topological polar surface area (TPSA) is 129 Å². The molecule has 0 bridgehead atoms. The largest absolute Gasteiger partial charge is 0.474 e. The average molecular weight is 524 g/mol. The van der Waals surface area contributed by atoms with Crippen molar-refractivity contribution in [3.63, 3.8) is 0 Å². The fraction of sp³-hybridized carbons (Fsp3) is 0.481. The highest BCUT2D eigenvalue weighted by atomic mass is 32.2. The first-order valence-corrected chi connectivity index (χ1v) is 14.2. The normalized spacial score (nSPS) is 24.8. The number of carbonyl (C=O) groups is 1. The predicted octanol–water partition coefficient (Wildman–Crippen LogP) is 4.52. The van der Waals surface area contributed by atoms with Gasteiger partial charge in [-0.25, -0.2) is 19.7 Å². The monoisotopic (exact) mass is 523 g/mol. The molecule has 3 aromatic heterocycles. The molecule has 9 nitrogen and oxygen atoms in total. The zero-order chi connectivity index (χ0) is 26.3. The molecule has 2 aliphatic heterocycles. The first-order chi connectivity index (χ1) is 17.7. The van der Waals surface area contributed by atoms with Crippen LogP contribution in [0.1, 0.15) is 80.5 Å². The van der Waals surface area contributed by atoms with Crippen LogP contribution in [0.2, 0.25) is 0 Å². The second kappa shape index (κ2) is 10.3. The van der Waals surface area contributed by atoms with Crippen LogP contribution in [0.3, 0.4) is 0 Å². The minimum atomic E-state index is -0.775. The van der Waals surface area contributed by atoms with E-state index in [4.69, 9.17) is 20.2 Å². The number of hydrogen-bond donors (Lipinski definition) is 2. The Morgan fingerprint density at radius 1 is 1.19 bits per heavy atom. The van der Waals surface area contributed by atoms with Crippen LogP contribution in [-0.2, 0) is 15.5 Å². The van der Waals surface area contributed by atoms with Crippen LogP contribution in [-0.4, -0.2) is 48.3 Å². The van der Waals surface area contributed by atoms with Crippen molar-refractivity contribution in [1.82, 2.24) is 15.0 Å². The van der Waals surface area contributed by atoms with Crippen molar-refractivity contribution in [1.29, 1.82) is 0 Å². The second-order valence-corrected chi connectivity index (χ2v) is 11.9. The number of esters is 1. The number of carbonyl (C=O) groups excluding carboxylic acids is 1. The lowest BCUT2D eigenvalue weighted by atomic mass is 9.94. The molecule has 2 aliphatic rings. The minimum Gasteiger partial charge on any atom is -0.474 e. The van der Waals surface area contributed by atoms with Crippen LogP contribution in [0.4, 0.5) is 11.6 Å². The molecule has 3 aromatic rings. The molecule has 6 atom stereocenters. The zero-order valence-corrected chi connectivity index (χ0v) is 22.4. The summed E-state index contributed by atoms with van der Waals surface area (Å²) in [5.41, 5.74) is 8.34. The van der Waals surface area contributed by atoms with Gasteiger partial charge in [-0.05, 0) is 69.2 Å². The lowest BCUT2D eigenvalue weighted by Crippen LogP contribution is -2.29. The molecule has 5 heterocycles. The van der Waals surface area contributed by atoms with Crippen molar-refractivity contribution in [3.8, 4) is 5.88 Å². The SMILES string of the molecule is CC(CC1CCCS1=O)Oc1ncc(C(C)N)c2cc(Nc3ccc4c(n3)C(C)[C@H](C)OC4=O)ncc12. The summed E-state index contributed by atoms with van der Waals surface area (Å²) in [7, 11) is -0.775. The van der Waals surface area contributed by atoms with Gasteiger partial charge in [-0.1, -0.05) is 6.92 Å². The maximum absolute atomic E-state index is 12.2. The Morgan fingerprint density at radius 3 is 2.73 bits per heavy atom. The van der Waals surface area contributed by atoms with Gasteiger partial charge in [0.25, 0.3) is 0 Å². The molecule has 0 saturated carbocycles. The molecule has 37 heavy (non-hydrogen) atoms. The van der Waals surface area contributed by atoms with Gasteiger partial charge in [-0.3, -0.25) is 4.21 Å². The predicted molar refractivity (Wildman–Crippen MR) is 144 cm³/mol. The van der Waals surface area contributed by atoms with Crippen LogP contribution in [0, 0.1) is 0 Å². The van der Waals surface area contributed by atoms with E-state index in [-0.39, 0.29) is 35.4 Å². The first-order valence-electron chi connectivity index (χ1n) is 12.8. The Morgan fingerprint density at radius 2 is 2.00 bits per heavy atom. The van der Waals surface area contributed by atoms with Crippen molar-refractivity contribution in [3.05, 3.63) is 47.4 Å². The Bertz CT molecular complexity index is 1360. The smallest absolute Gasteiger partial charge is 0.340 e. The Labute approximate surface area is 219 Å². The van der Waals surface area contributed by atoms with Gasteiger partial charge in [0, 0.05) is 46.2 Å². The number of hydrogen-bond acceptors (Lipinski definition) is 9. The van der Waals surface area contributed by atoms with E-state index in [9.17, 15) is 9.00 Å². The van der Waals surface area contributed by atoms with E-state index in [1.54, 1.807) is 24.5 Å². The Balaban J connectivity index is 1.43. The van der Waals surface area contributed by atoms with E-state index >= 15 is 0 Å². The average Bonchev–Trinajstić information content (AvgIpc) is 3.26. The Hall–Kier alpha value is -3.11. The van der Waals surface area contributed by atoms with E-state index in [1.807, 2.05) is 33.8 Å². The number of nitrogens with two attached hydrogens (primary N) is 1. The van der Waals surface area contributed by atoms with Gasteiger partial charge in [0.05, 0.1) is 22.7 Å². The number of ether oxygens (including phenoxy) is 2. The maximum Gasteiger partial charge on any atom is 0.340 e. The van der Waals surface area contributed by atoms with Crippen LogP contribution in [0.15, 0.2) is 30.6 Å². The number of aromatic nitrogens is 3. The number of pyridine rings is 3. The summed E-state index contributed by atoms with van der Waals surface area (Å²) in [5, 5.41) is 5.10. The highest BCUT2D eigenvalue weighted by Gasteiger charge is 2.31. The number of fused-ring (bicyclic) bond motifs is 2. The summed E-state index contributed by atoms with van der Waals surface area (Å²) in [6.45, 7) is 7.77.